The molecule has 0 aliphatic rings. The normalized spacial score (nSPS) is 10.6. The van der Waals surface area contributed by atoms with E-state index in [9.17, 15) is 4.79 Å². The lowest BCUT2D eigenvalue weighted by Crippen LogP contribution is -2.20. The van der Waals surface area contributed by atoms with E-state index in [0.29, 0.717) is 69.1 Å². The highest BCUT2D eigenvalue weighted by Gasteiger charge is 2.15. The van der Waals surface area contributed by atoms with E-state index in [-0.39, 0.29) is 5.91 Å². The summed E-state index contributed by atoms with van der Waals surface area (Å²) in [6.07, 6.45) is 2.57. The minimum absolute atomic E-state index is 0.377. The number of ether oxygens (including phenoxy) is 3. The summed E-state index contributed by atoms with van der Waals surface area (Å²) in [5.41, 5.74) is 1.54. The summed E-state index contributed by atoms with van der Waals surface area (Å²) in [5, 5.41) is 9.88. The Morgan fingerprint density at radius 1 is 0.919 bits per heavy atom. The second-order valence-corrected chi connectivity index (χ2v) is 8.71. The molecular weight excluding hydrogens is 519 g/mol. The van der Waals surface area contributed by atoms with Gasteiger partial charge in [-0.05, 0) is 32.3 Å². The Labute approximate surface area is 225 Å². The van der Waals surface area contributed by atoms with Crippen LogP contribution in [0.5, 0.6) is 17.2 Å². The van der Waals surface area contributed by atoms with Crippen molar-refractivity contribution in [3.05, 3.63) is 59.4 Å². The fourth-order valence-electron chi connectivity index (χ4n) is 3.12. The number of benzene rings is 2. The SMILES string of the molecule is C=CC(=O)Nc1cc(Nc2cc(Nc3cc(OC)c(Cl)cc3Cl)ncn2)c(OC)cc1OCCN(C)C. The molecular formula is C25H28Cl2N6O4. The topological polar surface area (TPSA) is 110 Å². The van der Waals surface area contributed by atoms with Crippen LogP contribution in [-0.2, 0) is 4.79 Å². The van der Waals surface area contributed by atoms with Gasteiger partial charge in [0.25, 0.3) is 0 Å². The molecule has 3 N–H and O–H groups in total. The van der Waals surface area contributed by atoms with Crippen LogP contribution in [0.15, 0.2) is 49.3 Å². The van der Waals surface area contributed by atoms with Crippen LogP contribution in [0.4, 0.5) is 28.7 Å². The molecule has 0 bridgehead atoms. The summed E-state index contributed by atoms with van der Waals surface area (Å²) >= 11 is 12.5. The van der Waals surface area contributed by atoms with Crippen molar-refractivity contribution >= 4 is 57.8 Å². The quantitative estimate of drug-likeness (QED) is 0.259. The fraction of sp³-hybridized carbons (Fsp3) is 0.240. The standard InChI is InChI=1S/C25H28Cl2N6O4/c1-6-25(34)32-19-10-18(21(36-5)12-22(19)37-8-7-33(2)3)31-24-13-23(28-14-29-24)30-17-11-20(35-4)16(27)9-15(17)26/h6,9-14H,1,7-8H2,2-5H3,(H,32,34)(H2,28,29,30,31). The lowest BCUT2D eigenvalue weighted by atomic mass is 10.2. The van der Waals surface area contributed by atoms with Crippen LogP contribution in [0.3, 0.4) is 0 Å². The van der Waals surface area contributed by atoms with E-state index in [1.165, 1.54) is 26.6 Å². The minimum atomic E-state index is -0.377. The van der Waals surface area contributed by atoms with Gasteiger partial charge in [-0.15, -0.1) is 0 Å². The average molecular weight is 547 g/mol. The van der Waals surface area contributed by atoms with Gasteiger partial charge in [-0.25, -0.2) is 9.97 Å². The Bertz CT molecular complexity index is 1270. The molecule has 1 aromatic heterocycles. The number of rotatable bonds is 12. The van der Waals surface area contributed by atoms with Crippen molar-refractivity contribution in [1.82, 2.24) is 14.9 Å². The molecule has 0 spiro atoms. The van der Waals surface area contributed by atoms with Crippen LogP contribution >= 0.6 is 23.2 Å². The highest BCUT2D eigenvalue weighted by Crippen LogP contribution is 2.39. The number of hydrogen-bond acceptors (Lipinski definition) is 9. The lowest BCUT2D eigenvalue weighted by molar-refractivity contribution is -0.111. The molecule has 1 heterocycles. The van der Waals surface area contributed by atoms with E-state index in [4.69, 9.17) is 37.4 Å². The molecule has 0 fully saturated rings. The Balaban J connectivity index is 1.89. The van der Waals surface area contributed by atoms with Crippen LogP contribution in [-0.4, -0.2) is 62.2 Å². The number of amides is 1. The van der Waals surface area contributed by atoms with E-state index in [2.05, 4.69) is 32.5 Å². The van der Waals surface area contributed by atoms with E-state index in [1.54, 1.807) is 30.3 Å². The molecule has 37 heavy (non-hydrogen) atoms. The zero-order valence-corrected chi connectivity index (χ0v) is 22.4. The monoisotopic (exact) mass is 546 g/mol. The first-order valence-corrected chi connectivity index (χ1v) is 11.8. The average Bonchev–Trinajstić information content (AvgIpc) is 2.86. The van der Waals surface area contributed by atoms with Gasteiger partial charge in [0.05, 0.1) is 41.3 Å². The van der Waals surface area contributed by atoms with E-state index < -0.39 is 0 Å². The Hall–Kier alpha value is -3.73. The molecule has 0 saturated heterocycles. The number of carbonyl (C=O) groups excluding carboxylic acids is 1. The molecule has 0 unspecified atom stereocenters. The van der Waals surface area contributed by atoms with Crippen molar-refractivity contribution in [2.45, 2.75) is 0 Å². The third kappa shape index (κ3) is 7.63. The van der Waals surface area contributed by atoms with Gasteiger partial charge in [-0.2, -0.15) is 0 Å². The molecule has 0 radical (unpaired) electrons. The smallest absolute Gasteiger partial charge is 0.247 e. The number of anilines is 5. The van der Waals surface area contributed by atoms with Crippen LogP contribution < -0.4 is 30.2 Å². The van der Waals surface area contributed by atoms with Crippen LogP contribution in [0.25, 0.3) is 0 Å². The molecule has 2 aromatic carbocycles. The highest BCUT2D eigenvalue weighted by atomic mass is 35.5. The first kappa shape index (κ1) is 27.9. The van der Waals surface area contributed by atoms with Crippen molar-refractivity contribution in [3.8, 4) is 17.2 Å². The summed E-state index contributed by atoms with van der Waals surface area (Å²) in [5.74, 6) is 1.94. The summed E-state index contributed by atoms with van der Waals surface area (Å²) in [6, 6.07) is 8.32. The minimum Gasteiger partial charge on any atom is -0.495 e. The highest BCUT2D eigenvalue weighted by molar-refractivity contribution is 6.37. The third-order valence-corrected chi connectivity index (χ3v) is 5.58. The zero-order valence-electron chi connectivity index (χ0n) is 20.9. The number of aromatic nitrogens is 2. The number of nitrogens with zero attached hydrogens (tertiary/aromatic N) is 3. The van der Waals surface area contributed by atoms with Crippen molar-refractivity contribution in [1.29, 1.82) is 0 Å². The van der Waals surface area contributed by atoms with E-state index >= 15 is 0 Å². The largest absolute Gasteiger partial charge is 0.495 e. The van der Waals surface area contributed by atoms with Gasteiger partial charge in [-0.1, -0.05) is 29.8 Å². The maximum absolute atomic E-state index is 12.1. The van der Waals surface area contributed by atoms with Gasteiger partial charge in [-0.3, -0.25) is 4.79 Å². The fourth-order valence-corrected chi connectivity index (χ4v) is 3.63. The van der Waals surface area contributed by atoms with Gasteiger partial charge in [0.1, 0.15) is 41.8 Å². The number of nitrogens with one attached hydrogen (secondary N) is 3. The first-order valence-electron chi connectivity index (χ1n) is 11.1. The third-order valence-electron chi connectivity index (χ3n) is 4.98. The van der Waals surface area contributed by atoms with Gasteiger partial charge in [0, 0.05) is 24.7 Å². The number of methoxy groups -OCH3 is 2. The Morgan fingerprint density at radius 3 is 2.22 bits per heavy atom. The summed E-state index contributed by atoms with van der Waals surface area (Å²) < 4.78 is 16.7. The van der Waals surface area contributed by atoms with Gasteiger partial charge >= 0.3 is 0 Å². The Kier molecular flexibility index (Phi) is 9.78. The van der Waals surface area contributed by atoms with Crippen LogP contribution in [0.2, 0.25) is 10.0 Å². The number of hydrogen-bond donors (Lipinski definition) is 3. The Morgan fingerprint density at radius 2 is 1.59 bits per heavy atom. The molecule has 12 heteroatoms. The maximum atomic E-state index is 12.1. The first-order chi connectivity index (χ1) is 17.7. The molecule has 3 aromatic rings. The van der Waals surface area contributed by atoms with E-state index in [0.717, 1.165) is 0 Å². The van der Waals surface area contributed by atoms with Gasteiger partial charge in [0.15, 0.2) is 0 Å². The van der Waals surface area contributed by atoms with Crippen molar-refractivity contribution < 1.29 is 19.0 Å². The number of carbonyl (C=O) groups is 1. The van der Waals surface area contributed by atoms with Crippen molar-refractivity contribution in [2.24, 2.45) is 0 Å². The van der Waals surface area contributed by atoms with Crippen molar-refractivity contribution in [3.63, 3.8) is 0 Å². The second kappa shape index (κ2) is 13.0. The summed E-state index contributed by atoms with van der Waals surface area (Å²) in [4.78, 5) is 22.6. The van der Waals surface area contributed by atoms with Gasteiger partial charge in [0.2, 0.25) is 5.91 Å². The molecule has 1 amide bonds. The summed E-state index contributed by atoms with van der Waals surface area (Å²) in [6.45, 7) is 4.62. The zero-order chi connectivity index (χ0) is 26.9. The summed E-state index contributed by atoms with van der Waals surface area (Å²) in [7, 11) is 6.94. The second-order valence-electron chi connectivity index (χ2n) is 7.90. The predicted molar refractivity (Wildman–Crippen MR) is 147 cm³/mol. The maximum Gasteiger partial charge on any atom is 0.247 e. The van der Waals surface area contributed by atoms with Gasteiger partial charge < -0.3 is 35.1 Å². The molecule has 196 valence electrons. The van der Waals surface area contributed by atoms with Crippen molar-refractivity contribution in [2.75, 3.05) is 57.4 Å². The molecule has 0 atom stereocenters. The molecule has 0 saturated carbocycles. The molecule has 0 aliphatic carbocycles. The predicted octanol–water partition coefficient (Wildman–Crippen LogP) is 5.35. The lowest BCUT2D eigenvalue weighted by Gasteiger charge is -2.18. The molecule has 3 rings (SSSR count). The number of halogens is 2. The molecule has 0 aliphatic heterocycles. The number of likely N-dealkylation sites (N-methyl/N-ethyl adjacent to an activating group) is 1. The van der Waals surface area contributed by atoms with E-state index in [1.807, 2.05) is 19.0 Å². The van der Waals surface area contributed by atoms with Crippen LogP contribution in [0, 0.1) is 0 Å². The van der Waals surface area contributed by atoms with Crippen LogP contribution in [0.1, 0.15) is 0 Å². The molecule has 10 nitrogen and oxygen atoms in total.